The fraction of sp³-hybridized carbons (Fsp3) is 0.391. The van der Waals surface area contributed by atoms with Crippen molar-refractivity contribution in [2.75, 3.05) is 24.4 Å². The van der Waals surface area contributed by atoms with E-state index in [9.17, 15) is 22.4 Å². The highest BCUT2D eigenvalue weighted by atomic mass is 32.2. The Bertz CT molecular complexity index is 1070. The van der Waals surface area contributed by atoms with Gasteiger partial charge in [0.05, 0.1) is 10.8 Å². The normalized spacial score (nSPS) is 16.6. The number of nitrogens with one attached hydrogen (secondary N) is 2. The molecule has 2 N–H and O–H groups in total. The molecule has 1 aliphatic rings. The lowest BCUT2D eigenvalue weighted by atomic mass is 9.96. The quantitative estimate of drug-likeness (QED) is 0.662. The SMILES string of the molecule is CC(C)CNC(=O)[C@@H]1CCCN(C(=O)c2cccc(NS(=O)(=O)c3ccc(F)cc3)c2)C1. The van der Waals surface area contributed by atoms with Gasteiger partial charge in [-0.2, -0.15) is 0 Å². The molecule has 9 heteroatoms. The molecule has 32 heavy (non-hydrogen) atoms. The Kier molecular flexibility index (Phi) is 7.50. The minimum absolute atomic E-state index is 0.0444. The average molecular weight is 462 g/mol. The summed E-state index contributed by atoms with van der Waals surface area (Å²) < 4.78 is 40.6. The highest BCUT2D eigenvalue weighted by Crippen LogP contribution is 2.22. The molecule has 1 fully saturated rings. The fourth-order valence-corrected chi connectivity index (χ4v) is 4.60. The summed E-state index contributed by atoms with van der Waals surface area (Å²) in [6.07, 6.45) is 1.45. The number of halogens is 1. The molecule has 172 valence electrons. The van der Waals surface area contributed by atoms with Gasteiger partial charge in [-0.25, -0.2) is 12.8 Å². The van der Waals surface area contributed by atoms with Gasteiger partial charge >= 0.3 is 0 Å². The molecule has 0 bridgehead atoms. The first-order chi connectivity index (χ1) is 15.2. The van der Waals surface area contributed by atoms with E-state index < -0.39 is 15.8 Å². The average Bonchev–Trinajstić information content (AvgIpc) is 2.77. The zero-order valence-electron chi connectivity index (χ0n) is 18.2. The first kappa shape index (κ1) is 23.7. The summed E-state index contributed by atoms with van der Waals surface area (Å²) in [7, 11) is -3.93. The van der Waals surface area contributed by atoms with Crippen LogP contribution >= 0.6 is 0 Å². The summed E-state index contributed by atoms with van der Waals surface area (Å²) in [6, 6.07) is 10.7. The lowest BCUT2D eigenvalue weighted by Crippen LogP contribution is -2.46. The van der Waals surface area contributed by atoms with Crippen molar-refractivity contribution in [1.29, 1.82) is 0 Å². The summed E-state index contributed by atoms with van der Waals surface area (Å²) in [5.74, 6) is -0.742. The number of likely N-dealkylation sites (tertiary alicyclic amines) is 1. The Morgan fingerprint density at radius 2 is 1.88 bits per heavy atom. The minimum Gasteiger partial charge on any atom is -0.356 e. The maximum absolute atomic E-state index is 13.1. The van der Waals surface area contributed by atoms with Gasteiger partial charge in [0.15, 0.2) is 0 Å². The Morgan fingerprint density at radius 1 is 1.16 bits per heavy atom. The number of sulfonamides is 1. The van der Waals surface area contributed by atoms with Crippen molar-refractivity contribution in [3.05, 3.63) is 59.9 Å². The van der Waals surface area contributed by atoms with E-state index in [-0.39, 0.29) is 28.3 Å². The summed E-state index contributed by atoms with van der Waals surface area (Å²) >= 11 is 0. The van der Waals surface area contributed by atoms with E-state index in [1.54, 1.807) is 17.0 Å². The van der Waals surface area contributed by atoms with Crippen LogP contribution in [0.25, 0.3) is 0 Å². The molecule has 0 saturated carbocycles. The molecule has 3 rings (SSSR count). The zero-order valence-corrected chi connectivity index (χ0v) is 19.0. The Hall–Kier alpha value is -2.94. The van der Waals surface area contributed by atoms with E-state index in [0.717, 1.165) is 25.0 Å². The third-order valence-corrected chi connectivity index (χ3v) is 6.65. The number of hydrogen-bond acceptors (Lipinski definition) is 4. The molecule has 1 saturated heterocycles. The van der Waals surface area contributed by atoms with Crippen molar-refractivity contribution in [2.24, 2.45) is 11.8 Å². The Labute approximate surface area is 188 Å². The van der Waals surface area contributed by atoms with Gasteiger partial charge in [-0.05, 0) is 61.2 Å². The van der Waals surface area contributed by atoms with Crippen molar-refractivity contribution >= 4 is 27.5 Å². The number of carbonyl (C=O) groups excluding carboxylic acids is 2. The largest absolute Gasteiger partial charge is 0.356 e. The van der Waals surface area contributed by atoms with Crippen LogP contribution in [-0.2, 0) is 14.8 Å². The molecule has 7 nitrogen and oxygen atoms in total. The van der Waals surface area contributed by atoms with Crippen LogP contribution in [0.1, 0.15) is 37.0 Å². The fourth-order valence-electron chi connectivity index (χ4n) is 3.55. The molecule has 0 radical (unpaired) electrons. The number of amides is 2. The summed E-state index contributed by atoms with van der Waals surface area (Å²) in [6.45, 7) is 5.51. The number of piperidine rings is 1. The molecule has 0 unspecified atom stereocenters. The molecule has 1 heterocycles. The minimum atomic E-state index is -3.93. The van der Waals surface area contributed by atoms with Crippen molar-refractivity contribution in [2.45, 2.75) is 31.6 Å². The van der Waals surface area contributed by atoms with E-state index in [4.69, 9.17) is 0 Å². The first-order valence-electron chi connectivity index (χ1n) is 10.6. The zero-order chi connectivity index (χ0) is 23.3. The van der Waals surface area contributed by atoms with Crippen molar-refractivity contribution < 1.29 is 22.4 Å². The molecule has 0 spiro atoms. The van der Waals surface area contributed by atoms with Crippen LogP contribution in [0.4, 0.5) is 10.1 Å². The predicted octanol–water partition coefficient (Wildman–Crippen LogP) is 3.25. The molecule has 1 aliphatic heterocycles. The molecule has 0 aliphatic carbocycles. The van der Waals surface area contributed by atoms with Gasteiger partial charge in [-0.15, -0.1) is 0 Å². The molecular formula is C23H28FN3O4S. The Morgan fingerprint density at radius 3 is 2.56 bits per heavy atom. The number of carbonyl (C=O) groups is 2. The van der Waals surface area contributed by atoms with Crippen LogP contribution in [0, 0.1) is 17.7 Å². The number of benzene rings is 2. The molecular weight excluding hydrogens is 433 g/mol. The van der Waals surface area contributed by atoms with Crippen LogP contribution in [-0.4, -0.2) is 44.8 Å². The predicted molar refractivity (Wildman–Crippen MR) is 120 cm³/mol. The van der Waals surface area contributed by atoms with Crippen LogP contribution in [0.3, 0.4) is 0 Å². The number of rotatable bonds is 7. The van der Waals surface area contributed by atoms with Crippen LogP contribution < -0.4 is 10.0 Å². The lowest BCUT2D eigenvalue weighted by molar-refractivity contribution is -0.126. The van der Waals surface area contributed by atoms with Crippen molar-refractivity contribution in [3.63, 3.8) is 0 Å². The first-order valence-corrected chi connectivity index (χ1v) is 12.1. The summed E-state index contributed by atoms with van der Waals surface area (Å²) in [5.41, 5.74) is 0.552. The van der Waals surface area contributed by atoms with E-state index >= 15 is 0 Å². The van der Waals surface area contributed by atoms with E-state index in [1.165, 1.54) is 24.3 Å². The third-order valence-electron chi connectivity index (χ3n) is 5.25. The van der Waals surface area contributed by atoms with Crippen LogP contribution in [0.15, 0.2) is 53.4 Å². The second-order valence-electron chi connectivity index (χ2n) is 8.37. The third kappa shape index (κ3) is 6.06. The topological polar surface area (TPSA) is 95.6 Å². The molecule has 1 atom stereocenters. The molecule has 2 amide bonds. The van der Waals surface area contributed by atoms with Gasteiger partial charge in [-0.1, -0.05) is 19.9 Å². The van der Waals surface area contributed by atoms with Gasteiger partial charge in [-0.3, -0.25) is 14.3 Å². The molecule has 2 aromatic carbocycles. The maximum Gasteiger partial charge on any atom is 0.261 e. The summed E-state index contributed by atoms with van der Waals surface area (Å²) in [5, 5.41) is 2.93. The monoisotopic (exact) mass is 461 g/mol. The second-order valence-corrected chi connectivity index (χ2v) is 10.1. The number of nitrogens with zero attached hydrogens (tertiary/aromatic N) is 1. The molecule has 2 aromatic rings. The molecule has 0 aromatic heterocycles. The van der Waals surface area contributed by atoms with E-state index in [1.807, 2.05) is 13.8 Å². The summed E-state index contributed by atoms with van der Waals surface area (Å²) in [4.78, 5) is 27.0. The van der Waals surface area contributed by atoms with Crippen LogP contribution in [0.2, 0.25) is 0 Å². The lowest BCUT2D eigenvalue weighted by Gasteiger charge is -2.32. The van der Waals surface area contributed by atoms with Crippen molar-refractivity contribution in [3.8, 4) is 0 Å². The van der Waals surface area contributed by atoms with Gasteiger partial charge < -0.3 is 10.2 Å². The van der Waals surface area contributed by atoms with Gasteiger partial charge in [0.25, 0.3) is 15.9 Å². The highest BCUT2D eigenvalue weighted by molar-refractivity contribution is 7.92. The van der Waals surface area contributed by atoms with Gasteiger partial charge in [0, 0.05) is 30.9 Å². The smallest absolute Gasteiger partial charge is 0.261 e. The highest BCUT2D eigenvalue weighted by Gasteiger charge is 2.29. The van der Waals surface area contributed by atoms with Gasteiger partial charge in [0.1, 0.15) is 5.82 Å². The number of anilines is 1. The van der Waals surface area contributed by atoms with Crippen molar-refractivity contribution in [1.82, 2.24) is 10.2 Å². The standard InChI is InChI=1S/C23H28FN3O4S/c1-16(2)14-25-22(28)18-6-4-12-27(15-18)23(29)17-5-3-7-20(13-17)26-32(30,31)21-10-8-19(24)9-11-21/h3,5,7-11,13,16,18,26H,4,6,12,14-15H2,1-2H3,(H,25,28)/t18-/m1/s1. The van der Waals surface area contributed by atoms with Crippen LogP contribution in [0.5, 0.6) is 0 Å². The van der Waals surface area contributed by atoms with E-state index in [0.29, 0.717) is 31.1 Å². The Balaban J connectivity index is 1.69. The van der Waals surface area contributed by atoms with Gasteiger partial charge in [0.2, 0.25) is 5.91 Å². The number of hydrogen-bond donors (Lipinski definition) is 2. The second kappa shape index (κ2) is 10.1. The van der Waals surface area contributed by atoms with E-state index in [2.05, 4.69) is 10.0 Å². The maximum atomic E-state index is 13.1.